The lowest BCUT2D eigenvalue weighted by Gasteiger charge is -2.17. The van der Waals surface area contributed by atoms with Gasteiger partial charge in [-0.15, -0.1) is 11.8 Å². The van der Waals surface area contributed by atoms with E-state index in [0.717, 1.165) is 23.4 Å². The Morgan fingerprint density at radius 1 is 1.16 bits per heavy atom. The van der Waals surface area contributed by atoms with Gasteiger partial charge in [-0.25, -0.2) is 4.98 Å². The van der Waals surface area contributed by atoms with Crippen LogP contribution in [0.25, 0.3) is 11.0 Å². The average Bonchev–Trinajstić information content (AvgIpc) is 2.93. The third-order valence-electron chi connectivity index (χ3n) is 4.14. The van der Waals surface area contributed by atoms with Crippen molar-refractivity contribution in [2.24, 2.45) is 0 Å². The summed E-state index contributed by atoms with van der Waals surface area (Å²) in [7, 11) is 2.08. The molecule has 0 aliphatic heterocycles. The summed E-state index contributed by atoms with van der Waals surface area (Å²) >= 11 is 7.87. The summed E-state index contributed by atoms with van der Waals surface area (Å²) in [6.07, 6.45) is 2.08. The topological polar surface area (TPSA) is 41.3 Å². The molecule has 1 N–H and O–H groups in total. The van der Waals surface area contributed by atoms with Gasteiger partial charge in [0.2, 0.25) is 0 Å². The van der Waals surface area contributed by atoms with Crippen LogP contribution in [0.1, 0.15) is 11.4 Å². The molecule has 0 spiro atoms. The second kappa shape index (κ2) is 8.23. The molecule has 3 rings (SSSR count). The second-order valence-corrected chi connectivity index (χ2v) is 7.37. The Kier molecular flexibility index (Phi) is 6.02. The van der Waals surface area contributed by atoms with Crippen LogP contribution in [0.3, 0.4) is 0 Å². The molecule has 25 heavy (non-hydrogen) atoms. The molecular weight excluding hydrogens is 354 g/mol. The Morgan fingerprint density at radius 3 is 2.60 bits per heavy atom. The summed E-state index contributed by atoms with van der Waals surface area (Å²) in [5, 5.41) is 10.1. The molecule has 4 nitrogen and oxygen atoms in total. The van der Waals surface area contributed by atoms with Gasteiger partial charge in [0.15, 0.2) is 0 Å². The van der Waals surface area contributed by atoms with Gasteiger partial charge in [0, 0.05) is 23.0 Å². The molecule has 0 saturated carbocycles. The highest BCUT2D eigenvalue weighted by atomic mass is 35.5. The fourth-order valence-electron chi connectivity index (χ4n) is 2.96. The van der Waals surface area contributed by atoms with Crippen molar-refractivity contribution >= 4 is 34.4 Å². The third kappa shape index (κ3) is 4.36. The largest absolute Gasteiger partial charge is 0.395 e. The number of nitrogens with zero attached hydrogens (tertiary/aromatic N) is 3. The first-order valence-corrected chi connectivity index (χ1v) is 9.78. The summed E-state index contributed by atoms with van der Waals surface area (Å²) in [6, 6.07) is 14.3. The van der Waals surface area contributed by atoms with Crippen molar-refractivity contribution in [3.8, 4) is 0 Å². The first kappa shape index (κ1) is 18.3. The van der Waals surface area contributed by atoms with Crippen LogP contribution in [0.4, 0.5) is 0 Å². The maximum atomic E-state index is 9.41. The van der Waals surface area contributed by atoms with Crippen LogP contribution in [0, 0.1) is 0 Å². The zero-order chi connectivity index (χ0) is 17.8. The van der Waals surface area contributed by atoms with Crippen LogP contribution in [-0.4, -0.2) is 39.5 Å². The SMILES string of the molecule is CSc1ccc(CN(C)Cc2nc3ccc(Cl)cc3n2CCO)cc1. The van der Waals surface area contributed by atoms with Crippen LogP contribution in [0.15, 0.2) is 47.4 Å². The van der Waals surface area contributed by atoms with E-state index < -0.39 is 0 Å². The Morgan fingerprint density at radius 2 is 1.92 bits per heavy atom. The van der Waals surface area contributed by atoms with E-state index in [2.05, 4.69) is 47.0 Å². The molecule has 2 aromatic carbocycles. The Bertz CT molecular complexity index is 848. The van der Waals surface area contributed by atoms with E-state index in [1.54, 1.807) is 11.8 Å². The van der Waals surface area contributed by atoms with Gasteiger partial charge in [-0.2, -0.15) is 0 Å². The molecule has 1 heterocycles. The van der Waals surface area contributed by atoms with Crippen molar-refractivity contribution in [2.75, 3.05) is 19.9 Å². The second-order valence-electron chi connectivity index (χ2n) is 6.06. The van der Waals surface area contributed by atoms with Crippen LogP contribution in [0.2, 0.25) is 5.02 Å². The first-order valence-electron chi connectivity index (χ1n) is 8.17. The molecule has 3 aromatic rings. The molecule has 6 heteroatoms. The fourth-order valence-corrected chi connectivity index (χ4v) is 3.53. The van der Waals surface area contributed by atoms with Crippen molar-refractivity contribution in [3.63, 3.8) is 0 Å². The minimum Gasteiger partial charge on any atom is -0.395 e. The molecule has 132 valence electrons. The zero-order valence-electron chi connectivity index (χ0n) is 14.4. The van der Waals surface area contributed by atoms with Crippen molar-refractivity contribution in [1.29, 1.82) is 0 Å². The van der Waals surface area contributed by atoms with Gasteiger partial charge in [0.1, 0.15) is 5.82 Å². The highest BCUT2D eigenvalue weighted by molar-refractivity contribution is 7.98. The van der Waals surface area contributed by atoms with Gasteiger partial charge in [0.05, 0.1) is 24.2 Å². The molecule has 0 fully saturated rings. The smallest absolute Gasteiger partial charge is 0.124 e. The van der Waals surface area contributed by atoms with Gasteiger partial charge in [-0.1, -0.05) is 23.7 Å². The van der Waals surface area contributed by atoms with Crippen molar-refractivity contribution in [1.82, 2.24) is 14.5 Å². The number of fused-ring (bicyclic) bond motifs is 1. The highest BCUT2D eigenvalue weighted by Gasteiger charge is 2.13. The maximum absolute atomic E-state index is 9.41. The standard InChI is InChI=1S/C19H22ClN3OS/c1-22(12-14-3-6-16(25-2)7-4-14)13-19-21-17-8-5-15(20)11-18(17)23(19)9-10-24/h3-8,11,24H,9-10,12-13H2,1-2H3. The maximum Gasteiger partial charge on any atom is 0.124 e. The number of aromatic nitrogens is 2. The minimum absolute atomic E-state index is 0.0742. The molecule has 0 bridgehead atoms. The van der Waals surface area contributed by atoms with Gasteiger partial charge in [-0.3, -0.25) is 4.90 Å². The molecular formula is C19H22ClN3OS. The lowest BCUT2D eigenvalue weighted by atomic mass is 10.2. The number of hydrogen-bond acceptors (Lipinski definition) is 4. The van der Waals surface area contributed by atoms with E-state index in [-0.39, 0.29) is 6.61 Å². The number of hydrogen-bond donors (Lipinski definition) is 1. The Balaban J connectivity index is 1.79. The molecule has 0 aliphatic rings. The van der Waals surface area contributed by atoms with E-state index >= 15 is 0 Å². The molecule has 0 radical (unpaired) electrons. The number of thioether (sulfide) groups is 1. The normalized spacial score (nSPS) is 11.6. The van der Waals surface area contributed by atoms with Gasteiger partial charge < -0.3 is 9.67 Å². The summed E-state index contributed by atoms with van der Waals surface area (Å²) in [6.45, 7) is 2.14. The lowest BCUT2D eigenvalue weighted by molar-refractivity contribution is 0.266. The predicted molar refractivity (Wildman–Crippen MR) is 105 cm³/mol. The summed E-state index contributed by atoms with van der Waals surface area (Å²) in [5.41, 5.74) is 3.15. The molecule has 0 unspecified atom stereocenters. The molecule has 0 amide bonds. The van der Waals surface area contributed by atoms with E-state index in [9.17, 15) is 5.11 Å². The van der Waals surface area contributed by atoms with Crippen LogP contribution < -0.4 is 0 Å². The van der Waals surface area contributed by atoms with Gasteiger partial charge in [0.25, 0.3) is 0 Å². The molecule has 0 atom stereocenters. The first-order chi connectivity index (χ1) is 12.1. The summed E-state index contributed by atoms with van der Waals surface area (Å²) in [4.78, 5) is 8.23. The quantitative estimate of drug-likeness (QED) is 0.633. The number of aliphatic hydroxyl groups is 1. The predicted octanol–water partition coefficient (Wildman–Crippen LogP) is 4.04. The number of imidazole rings is 1. The number of rotatable bonds is 7. The van der Waals surface area contributed by atoms with E-state index in [1.807, 2.05) is 18.2 Å². The van der Waals surface area contributed by atoms with Crippen LogP contribution >= 0.6 is 23.4 Å². The van der Waals surface area contributed by atoms with E-state index in [4.69, 9.17) is 16.6 Å². The van der Waals surface area contributed by atoms with E-state index in [0.29, 0.717) is 18.1 Å². The summed E-state index contributed by atoms with van der Waals surface area (Å²) in [5.74, 6) is 0.939. The third-order valence-corrected chi connectivity index (χ3v) is 5.11. The van der Waals surface area contributed by atoms with Crippen molar-refractivity contribution in [2.45, 2.75) is 24.5 Å². The molecule has 0 saturated heterocycles. The Hall–Kier alpha value is -1.53. The zero-order valence-corrected chi connectivity index (χ0v) is 16.0. The lowest BCUT2D eigenvalue weighted by Crippen LogP contribution is -2.20. The number of aliphatic hydroxyl groups excluding tert-OH is 1. The molecule has 1 aromatic heterocycles. The monoisotopic (exact) mass is 375 g/mol. The van der Waals surface area contributed by atoms with Crippen LogP contribution in [-0.2, 0) is 19.6 Å². The van der Waals surface area contributed by atoms with Gasteiger partial charge in [-0.05, 0) is 49.2 Å². The van der Waals surface area contributed by atoms with Crippen molar-refractivity contribution in [3.05, 3.63) is 58.9 Å². The molecule has 0 aliphatic carbocycles. The van der Waals surface area contributed by atoms with Gasteiger partial charge >= 0.3 is 0 Å². The Labute approximate surface area is 157 Å². The van der Waals surface area contributed by atoms with Crippen molar-refractivity contribution < 1.29 is 5.11 Å². The number of halogens is 1. The highest BCUT2D eigenvalue weighted by Crippen LogP contribution is 2.22. The van der Waals surface area contributed by atoms with E-state index in [1.165, 1.54) is 10.5 Å². The minimum atomic E-state index is 0.0742. The summed E-state index contributed by atoms with van der Waals surface area (Å²) < 4.78 is 2.05. The average molecular weight is 376 g/mol. The number of benzene rings is 2. The van der Waals surface area contributed by atoms with Crippen LogP contribution in [0.5, 0.6) is 0 Å². The fraction of sp³-hybridized carbons (Fsp3) is 0.316.